The summed E-state index contributed by atoms with van der Waals surface area (Å²) in [5.41, 5.74) is -0.450. The fourth-order valence-electron chi connectivity index (χ4n) is 1.29. The van der Waals surface area contributed by atoms with Crippen LogP contribution in [0.4, 0.5) is 4.79 Å². The van der Waals surface area contributed by atoms with Gasteiger partial charge in [0.1, 0.15) is 5.60 Å². The highest BCUT2D eigenvalue weighted by Gasteiger charge is 2.36. The molecule has 0 aliphatic heterocycles. The van der Waals surface area contributed by atoms with Crippen LogP contribution in [0.25, 0.3) is 0 Å². The Labute approximate surface area is 131 Å². The van der Waals surface area contributed by atoms with Gasteiger partial charge in [0, 0.05) is 26.2 Å². The van der Waals surface area contributed by atoms with Gasteiger partial charge in [0.25, 0.3) is 0 Å². The van der Waals surface area contributed by atoms with Gasteiger partial charge in [-0.1, -0.05) is 20.8 Å². The highest BCUT2D eigenvalue weighted by Crippen LogP contribution is 2.36. The molecule has 0 aliphatic rings. The van der Waals surface area contributed by atoms with Crippen molar-refractivity contribution in [3.63, 3.8) is 0 Å². The third kappa shape index (κ3) is 9.87. The Morgan fingerprint density at radius 2 is 1.57 bits per heavy atom. The third-order valence-electron chi connectivity index (χ3n) is 3.52. The Bertz CT molecular complexity index is 320. The first-order chi connectivity index (χ1) is 9.35. The molecular formula is C15H34N2O3Si. The van der Waals surface area contributed by atoms with Crippen LogP contribution in [0.2, 0.25) is 18.1 Å². The van der Waals surface area contributed by atoms with Gasteiger partial charge >= 0.3 is 6.09 Å². The molecule has 0 heterocycles. The van der Waals surface area contributed by atoms with Gasteiger partial charge in [-0.25, -0.2) is 4.79 Å². The lowest BCUT2D eigenvalue weighted by Gasteiger charge is -2.36. The Hall–Kier alpha value is -0.593. The fraction of sp³-hybridized carbons (Fsp3) is 0.933. The van der Waals surface area contributed by atoms with Crippen LogP contribution >= 0.6 is 0 Å². The maximum Gasteiger partial charge on any atom is 0.407 e. The van der Waals surface area contributed by atoms with Gasteiger partial charge in [-0.3, -0.25) is 0 Å². The summed E-state index contributed by atoms with van der Waals surface area (Å²) in [5, 5.41) is 6.21. The first-order valence-corrected chi connectivity index (χ1v) is 10.6. The van der Waals surface area contributed by atoms with Crippen molar-refractivity contribution in [2.75, 3.05) is 26.2 Å². The number of alkyl carbamates (subject to hydrolysis) is 1. The molecule has 0 spiro atoms. The van der Waals surface area contributed by atoms with Crippen LogP contribution < -0.4 is 10.6 Å². The van der Waals surface area contributed by atoms with E-state index in [1.165, 1.54) is 0 Å². The van der Waals surface area contributed by atoms with Gasteiger partial charge in [-0.05, 0) is 38.9 Å². The largest absolute Gasteiger partial charge is 0.444 e. The molecule has 1 amide bonds. The number of amides is 1. The predicted octanol–water partition coefficient (Wildman–Crippen LogP) is 3.12. The molecular weight excluding hydrogens is 284 g/mol. The molecule has 2 N–H and O–H groups in total. The first kappa shape index (κ1) is 20.4. The third-order valence-corrected chi connectivity index (χ3v) is 8.06. The second-order valence-corrected chi connectivity index (χ2v) is 12.6. The summed E-state index contributed by atoms with van der Waals surface area (Å²) in [7, 11) is -1.65. The number of ether oxygens (including phenoxy) is 1. The Morgan fingerprint density at radius 1 is 1.00 bits per heavy atom. The molecule has 0 fully saturated rings. The van der Waals surface area contributed by atoms with E-state index in [9.17, 15) is 4.79 Å². The monoisotopic (exact) mass is 318 g/mol. The van der Waals surface area contributed by atoms with Crippen LogP contribution in [0.1, 0.15) is 41.5 Å². The molecule has 0 unspecified atom stereocenters. The van der Waals surface area contributed by atoms with Gasteiger partial charge in [-0.2, -0.15) is 0 Å². The van der Waals surface area contributed by atoms with Crippen LogP contribution in [-0.2, 0) is 9.16 Å². The zero-order valence-corrected chi connectivity index (χ0v) is 16.1. The minimum atomic E-state index is -1.65. The van der Waals surface area contributed by atoms with Crippen molar-refractivity contribution in [2.45, 2.75) is 65.3 Å². The molecule has 21 heavy (non-hydrogen) atoms. The van der Waals surface area contributed by atoms with Gasteiger partial charge in [0.2, 0.25) is 0 Å². The topological polar surface area (TPSA) is 59.6 Å². The standard InChI is InChI=1S/C15H34N2O3Si/c1-14(2,3)20-13(18)17-10-9-16-11-12-19-21(7,8)15(4,5)6/h16H,9-12H2,1-8H3,(H,17,18). The Balaban J connectivity index is 3.64. The number of carbonyl (C=O) groups excluding carboxylic acids is 1. The molecule has 0 rings (SSSR count). The van der Waals surface area contributed by atoms with E-state index < -0.39 is 13.9 Å². The van der Waals surface area contributed by atoms with Gasteiger partial charge in [-0.15, -0.1) is 0 Å². The first-order valence-electron chi connectivity index (χ1n) is 7.67. The van der Waals surface area contributed by atoms with Crippen molar-refractivity contribution in [2.24, 2.45) is 0 Å². The smallest absolute Gasteiger partial charge is 0.407 e. The molecule has 6 heteroatoms. The van der Waals surface area contributed by atoms with E-state index in [1.807, 2.05) is 20.8 Å². The molecule has 126 valence electrons. The van der Waals surface area contributed by atoms with Gasteiger partial charge in [0.05, 0.1) is 0 Å². The van der Waals surface area contributed by atoms with E-state index in [0.717, 1.165) is 6.54 Å². The van der Waals surface area contributed by atoms with E-state index in [2.05, 4.69) is 44.5 Å². The van der Waals surface area contributed by atoms with Crippen molar-refractivity contribution in [1.82, 2.24) is 10.6 Å². The minimum Gasteiger partial charge on any atom is -0.444 e. The quantitative estimate of drug-likeness (QED) is 0.559. The SMILES string of the molecule is CC(C)(C)OC(=O)NCCNCCO[Si](C)(C)C(C)(C)C. The highest BCUT2D eigenvalue weighted by atomic mass is 28.4. The molecule has 0 aromatic rings. The van der Waals surface area contributed by atoms with Crippen LogP contribution in [0.5, 0.6) is 0 Å². The predicted molar refractivity (Wildman–Crippen MR) is 90.3 cm³/mol. The molecule has 0 aromatic carbocycles. The zero-order chi connectivity index (χ0) is 16.7. The lowest BCUT2D eigenvalue weighted by Crippen LogP contribution is -2.43. The lowest BCUT2D eigenvalue weighted by molar-refractivity contribution is 0.0528. The van der Waals surface area contributed by atoms with E-state index in [1.54, 1.807) is 0 Å². The number of nitrogens with one attached hydrogen (secondary N) is 2. The zero-order valence-electron chi connectivity index (χ0n) is 15.1. The number of hydrogen-bond acceptors (Lipinski definition) is 4. The van der Waals surface area contributed by atoms with Crippen molar-refractivity contribution < 1.29 is 14.0 Å². The molecule has 0 atom stereocenters. The van der Waals surface area contributed by atoms with Crippen molar-refractivity contribution >= 4 is 14.4 Å². The summed E-state index contributed by atoms with van der Waals surface area (Å²) in [6.07, 6.45) is -0.373. The average molecular weight is 319 g/mol. The van der Waals surface area contributed by atoms with Crippen molar-refractivity contribution in [3.8, 4) is 0 Å². The maximum absolute atomic E-state index is 11.4. The summed E-state index contributed by atoms with van der Waals surface area (Å²) in [6.45, 7) is 19.5. The van der Waals surface area contributed by atoms with E-state index in [0.29, 0.717) is 19.7 Å². The Morgan fingerprint density at radius 3 is 2.05 bits per heavy atom. The van der Waals surface area contributed by atoms with Gasteiger partial charge < -0.3 is 19.8 Å². The summed E-state index contributed by atoms with van der Waals surface area (Å²) >= 11 is 0. The summed E-state index contributed by atoms with van der Waals surface area (Å²) in [6, 6.07) is 0. The maximum atomic E-state index is 11.4. The van der Waals surface area contributed by atoms with Crippen LogP contribution in [0.15, 0.2) is 0 Å². The average Bonchev–Trinajstić information content (AvgIpc) is 2.23. The van der Waals surface area contributed by atoms with Crippen molar-refractivity contribution in [3.05, 3.63) is 0 Å². The second kappa shape index (κ2) is 8.15. The molecule has 5 nitrogen and oxygen atoms in total. The van der Waals surface area contributed by atoms with Gasteiger partial charge in [0.15, 0.2) is 8.32 Å². The number of hydrogen-bond donors (Lipinski definition) is 2. The Kier molecular flexibility index (Phi) is 7.92. The normalized spacial score (nSPS) is 13.1. The minimum absolute atomic E-state index is 0.241. The second-order valence-electron chi connectivity index (χ2n) is 7.79. The summed E-state index contributed by atoms with van der Waals surface area (Å²) in [5.74, 6) is 0. The molecule has 0 saturated carbocycles. The van der Waals surface area contributed by atoms with Crippen LogP contribution in [0, 0.1) is 0 Å². The van der Waals surface area contributed by atoms with Crippen LogP contribution in [-0.4, -0.2) is 46.3 Å². The van der Waals surface area contributed by atoms with E-state index >= 15 is 0 Å². The molecule has 0 radical (unpaired) electrons. The van der Waals surface area contributed by atoms with Crippen molar-refractivity contribution in [1.29, 1.82) is 0 Å². The molecule has 0 aromatic heterocycles. The van der Waals surface area contributed by atoms with E-state index in [4.69, 9.17) is 9.16 Å². The van der Waals surface area contributed by atoms with E-state index in [-0.39, 0.29) is 11.1 Å². The van der Waals surface area contributed by atoms with Crippen LogP contribution in [0.3, 0.4) is 0 Å². The number of rotatable bonds is 7. The fourth-order valence-corrected chi connectivity index (χ4v) is 2.33. The lowest BCUT2D eigenvalue weighted by atomic mass is 10.2. The molecule has 0 saturated heterocycles. The number of carbonyl (C=O) groups is 1. The summed E-state index contributed by atoms with van der Waals surface area (Å²) in [4.78, 5) is 11.4. The summed E-state index contributed by atoms with van der Waals surface area (Å²) < 4.78 is 11.2. The molecule has 0 bridgehead atoms. The highest BCUT2D eigenvalue weighted by molar-refractivity contribution is 6.74. The molecule has 0 aliphatic carbocycles.